The topological polar surface area (TPSA) is 63.5 Å². The van der Waals surface area contributed by atoms with Crippen molar-refractivity contribution in [3.05, 3.63) is 33.5 Å². The molecule has 1 fully saturated rings. The molecule has 26 heavy (non-hydrogen) atoms. The molecule has 1 amide bonds. The van der Waals surface area contributed by atoms with Crippen LogP contribution >= 0.6 is 11.3 Å². The predicted molar refractivity (Wildman–Crippen MR) is 98.9 cm³/mol. The SMILES string of the molecule is Cc1ncsc1CN1CCn2nc(CCC(=O)N3CCOCC3)cc2C1. The number of carbonyl (C=O) groups excluding carboxylic acids is 1. The summed E-state index contributed by atoms with van der Waals surface area (Å²) in [5.41, 5.74) is 5.32. The molecule has 140 valence electrons. The third kappa shape index (κ3) is 3.97. The number of hydrogen-bond acceptors (Lipinski definition) is 6. The Morgan fingerprint density at radius 1 is 1.27 bits per heavy atom. The largest absolute Gasteiger partial charge is 0.378 e. The minimum atomic E-state index is 0.210. The van der Waals surface area contributed by atoms with Gasteiger partial charge in [-0.1, -0.05) is 0 Å². The van der Waals surface area contributed by atoms with E-state index in [1.165, 1.54) is 10.6 Å². The first-order valence-electron chi connectivity index (χ1n) is 9.21. The third-order valence-corrected chi connectivity index (χ3v) is 6.02. The van der Waals surface area contributed by atoms with Gasteiger partial charge in [-0.25, -0.2) is 4.98 Å². The summed E-state index contributed by atoms with van der Waals surface area (Å²) in [6, 6.07) is 2.16. The van der Waals surface area contributed by atoms with Gasteiger partial charge in [0.1, 0.15) is 0 Å². The average Bonchev–Trinajstić information content (AvgIpc) is 3.26. The molecule has 0 aromatic carbocycles. The Bertz CT molecular complexity index is 765. The van der Waals surface area contributed by atoms with Gasteiger partial charge in [-0.05, 0) is 13.0 Å². The van der Waals surface area contributed by atoms with Crippen LogP contribution in [0.5, 0.6) is 0 Å². The van der Waals surface area contributed by atoms with Crippen LogP contribution in [0.15, 0.2) is 11.6 Å². The van der Waals surface area contributed by atoms with Crippen LogP contribution in [-0.4, -0.2) is 63.3 Å². The van der Waals surface area contributed by atoms with Crippen molar-refractivity contribution in [2.24, 2.45) is 0 Å². The van der Waals surface area contributed by atoms with Crippen LogP contribution in [0.25, 0.3) is 0 Å². The van der Waals surface area contributed by atoms with Gasteiger partial charge in [-0.3, -0.25) is 14.4 Å². The maximum absolute atomic E-state index is 12.3. The zero-order valence-electron chi connectivity index (χ0n) is 15.2. The van der Waals surface area contributed by atoms with Crippen LogP contribution in [0.2, 0.25) is 0 Å². The molecule has 8 heteroatoms. The number of carbonyl (C=O) groups is 1. The standard InChI is InChI=1S/C18H25N5O2S/c1-14-17(26-13-19-14)12-21-4-5-23-16(11-21)10-15(20-23)2-3-18(24)22-6-8-25-9-7-22/h10,13H,2-9,11-12H2,1H3. The van der Waals surface area contributed by atoms with Crippen molar-refractivity contribution in [1.29, 1.82) is 0 Å². The molecule has 4 rings (SSSR count). The summed E-state index contributed by atoms with van der Waals surface area (Å²) < 4.78 is 7.41. The Kier molecular flexibility index (Phi) is 5.33. The highest BCUT2D eigenvalue weighted by Gasteiger charge is 2.21. The first-order valence-corrected chi connectivity index (χ1v) is 10.1. The molecule has 0 aliphatic carbocycles. The second kappa shape index (κ2) is 7.85. The van der Waals surface area contributed by atoms with E-state index in [1.54, 1.807) is 11.3 Å². The minimum absolute atomic E-state index is 0.210. The fraction of sp³-hybridized carbons (Fsp3) is 0.611. The molecule has 0 spiro atoms. The highest BCUT2D eigenvalue weighted by molar-refractivity contribution is 7.09. The summed E-state index contributed by atoms with van der Waals surface area (Å²) in [5, 5.41) is 4.70. The van der Waals surface area contributed by atoms with Gasteiger partial charge in [-0.2, -0.15) is 5.10 Å². The molecule has 2 aromatic heterocycles. The van der Waals surface area contributed by atoms with Gasteiger partial charge in [0.2, 0.25) is 5.91 Å². The van der Waals surface area contributed by atoms with Crippen LogP contribution in [0.4, 0.5) is 0 Å². The maximum atomic E-state index is 12.3. The molecule has 0 radical (unpaired) electrons. The Morgan fingerprint density at radius 3 is 2.88 bits per heavy atom. The van der Waals surface area contributed by atoms with Crippen LogP contribution < -0.4 is 0 Å². The van der Waals surface area contributed by atoms with Gasteiger partial charge < -0.3 is 9.64 Å². The number of aryl methyl sites for hydroxylation is 2. The van der Waals surface area contributed by atoms with Crippen molar-refractivity contribution < 1.29 is 9.53 Å². The van der Waals surface area contributed by atoms with Crippen molar-refractivity contribution in [2.75, 3.05) is 32.8 Å². The lowest BCUT2D eigenvalue weighted by Crippen LogP contribution is -2.40. The zero-order valence-corrected chi connectivity index (χ0v) is 16.0. The average molecular weight is 375 g/mol. The number of fused-ring (bicyclic) bond motifs is 1. The maximum Gasteiger partial charge on any atom is 0.223 e. The lowest BCUT2D eigenvalue weighted by atomic mass is 10.2. The van der Waals surface area contributed by atoms with Gasteiger partial charge in [0.05, 0.1) is 42.4 Å². The summed E-state index contributed by atoms with van der Waals surface area (Å²) in [4.78, 5) is 22.3. The third-order valence-electron chi connectivity index (χ3n) is 5.10. The molecule has 0 saturated carbocycles. The summed E-state index contributed by atoms with van der Waals surface area (Å²) in [5.74, 6) is 0.210. The van der Waals surface area contributed by atoms with Gasteiger partial charge in [-0.15, -0.1) is 11.3 Å². The fourth-order valence-electron chi connectivity index (χ4n) is 3.52. The number of amides is 1. The molecule has 2 aromatic rings. The molecular formula is C18H25N5O2S. The second-order valence-corrected chi connectivity index (χ2v) is 7.85. The number of ether oxygens (including phenoxy) is 1. The first kappa shape index (κ1) is 17.6. The van der Waals surface area contributed by atoms with Crippen LogP contribution in [0.1, 0.15) is 28.4 Å². The number of rotatable bonds is 5. The van der Waals surface area contributed by atoms with E-state index in [2.05, 4.69) is 27.6 Å². The van der Waals surface area contributed by atoms with E-state index in [-0.39, 0.29) is 5.91 Å². The van der Waals surface area contributed by atoms with Crippen LogP contribution in [0, 0.1) is 6.92 Å². The van der Waals surface area contributed by atoms with Crippen molar-refractivity contribution in [3.8, 4) is 0 Å². The lowest BCUT2D eigenvalue weighted by molar-refractivity contribution is -0.135. The molecule has 2 aliphatic rings. The number of aromatic nitrogens is 3. The first-order chi connectivity index (χ1) is 12.7. The van der Waals surface area contributed by atoms with Gasteiger partial charge >= 0.3 is 0 Å². The van der Waals surface area contributed by atoms with Crippen LogP contribution in [-0.2, 0) is 35.6 Å². The Balaban J connectivity index is 1.32. The molecule has 2 aliphatic heterocycles. The molecule has 0 atom stereocenters. The summed E-state index contributed by atoms with van der Waals surface area (Å²) >= 11 is 1.73. The smallest absolute Gasteiger partial charge is 0.223 e. The molecular weight excluding hydrogens is 350 g/mol. The number of thiazole rings is 1. The van der Waals surface area contributed by atoms with E-state index in [0.29, 0.717) is 39.1 Å². The molecule has 7 nitrogen and oxygen atoms in total. The van der Waals surface area contributed by atoms with Gasteiger partial charge in [0.15, 0.2) is 0 Å². The summed E-state index contributed by atoms with van der Waals surface area (Å²) in [6.45, 7) is 8.56. The van der Waals surface area contributed by atoms with Crippen molar-refractivity contribution in [2.45, 2.75) is 39.4 Å². The molecule has 0 unspecified atom stereocenters. The molecule has 1 saturated heterocycles. The summed E-state index contributed by atoms with van der Waals surface area (Å²) in [7, 11) is 0. The molecule has 4 heterocycles. The van der Waals surface area contributed by atoms with E-state index < -0.39 is 0 Å². The van der Waals surface area contributed by atoms with E-state index >= 15 is 0 Å². The van der Waals surface area contributed by atoms with Crippen LogP contribution in [0.3, 0.4) is 0 Å². The zero-order chi connectivity index (χ0) is 17.9. The summed E-state index contributed by atoms with van der Waals surface area (Å²) in [6.07, 6.45) is 1.24. The second-order valence-electron chi connectivity index (χ2n) is 6.91. The number of morpholine rings is 1. The highest BCUT2D eigenvalue weighted by atomic mass is 32.1. The Morgan fingerprint density at radius 2 is 2.12 bits per heavy atom. The van der Waals surface area contributed by atoms with E-state index in [1.807, 2.05) is 10.4 Å². The minimum Gasteiger partial charge on any atom is -0.378 e. The molecule has 0 N–H and O–H groups in total. The lowest BCUT2D eigenvalue weighted by Gasteiger charge is -2.27. The van der Waals surface area contributed by atoms with E-state index in [9.17, 15) is 4.79 Å². The Hall–Kier alpha value is -1.77. The van der Waals surface area contributed by atoms with Gasteiger partial charge in [0, 0.05) is 50.4 Å². The molecule has 0 bridgehead atoms. The normalized spacial score (nSPS) is 18.1. The Labute approximate surface area is 157 Å². The van der Waals surface area contributed by atoms with Crippen molar-refractivity contribution in [3.63, 3.8) is 0 Å². The van der Waals surface area contributed by atoms with Crippen molar-refractivity contribution in [1.82, 2.24) is 24.6 Å². The monoisotopic (exact) mass is 375 g/mol. The number of nitrogens with zero attached hydrogens (tertiary/aromatic N) is 5. The van der Waals surface area contributed by atoms with E-state index in [0.717, 1.165) is 37.6 Å². The van der Waals surface area contributed by atoms with Crippen molar-refractivity contribution >= 4 is 17.2 Å². The van der Waals surface area contributed by atoms with E-state index in [4.69, 9.17) is 9.84 Å². The fourth-order valence-corrected chi connectivity index (χ4v) is 4.34. The highest BCUT2D eigenvalue weighted by Crippen LogP contribution is 2.20. The quantitative estimate of drug-likeness (QED) is 0.792. The predicted octanol–water partition coefficient (Wildman–Crippen LogP) is 1.46. The van der Waals surface area contributed by atoms with Gasteiger partial charge in [0.25, 0.3) is 0 Å². The number of hydrogen-bond donors (Lipinski definition) is 0.